The molecular weight excluding hydrogens is 270 g/mol. The van der Waals surface area contributed by atoms with Gasteiger partial charge in [0.25, 0.3) is 0 Å². The number of hydrogen-bond donors (Lipinski definition) is 1. The van der Waals surface area contributed by atoms with E-state index in [9.17, 15) is 14.7 Å². The molecule has 0 aliphatic rings. The Morgan fingerprint density at radius 1 is 1.29 bits per heavy atom. The number of nitrogens with zero attached hydrogens (tertiary/aromatic N) is 3. The summed E-state index contributed by atoms with van der Waals surface area (Å²) in [5.74, 6) is -0.399. The predicted octanol–water partition coefficient (Wildman–Crippen LogP) is 1.82. The van der Waals surface area contributed by atoms with Gasteiger partial charge in [-0.2, -0.15) is 0 Å². The average molecular weight is 293 g/mol. The van der Waals surface area contributed by atoms with Crippen molar-refractivity contribution in [1.29, 1.82) is 0 Å². The van der Waals surface area contributed by atoms with E-state index in [0.29, 0.717) is 18.1 Å². The molecule has 1 aromatic rings. The van der Waals surface area contributed by atoms with Crippen LogP contribution in [-0.2, 0) is 4.79 Å². The largest absolute Gasteiger partial charge is 0.478 e. The van der Waals surface area contributed by atoms with Crippen molar-refractivity contribution in [2.45, 2.75) is 26.7 Å². The fourth-order valence-corrected chi connectivity index (χ4v) is 1.78. The van der Waals surface area contributed by atoms with Crippen molar-refractivity contribution in [3.8, 4) is 0 Å². The SMILES string of the molecule is CCN(CC(=O)N(C)C)c1cc(C(=O)O)cc(C(C)C)n1. The van der Waals surface area contributed by atoms with Crippen molar-refractivity contribution < 1.29 is 14.7 Å². The van der Waals surface area contributed by atoms with Crippen molar-refractivity contribution in [2.24, 2.45) is 0 Å². The number of rotatable bonds is 6. The first kappa shape index (κ1) is 16.9. The van der Waals surface area contributed by atoms with Crippen LogP contribution in [0.25, 0.3) is 0 Å². The van der Waals surface area contributed by atoms with Gasteiger partial charge in [0, 0.05) is 26.3 Å². The van der Waals surface area contributed by atoms with Crippen molar-refractivity contribution in [1.82, 2.24) is 9.88 Å². The van der Waals surface area contributed by atoms with Gasteiger partial charge in [-0.3, -0.25) is 4.79 Å². The maximum Gasteiger partial charge on any atom is 0.335 e. The molecule has 21 heavy (non-hydrogen) atoms. The Kier molecular flexibility index (Phi) is 5.69. The lowest BCUT2D eigenvalue weighted by molar-refractivity contribution is -0.127. The van der Waals surface area contributed by atoms with E-state index in [2.05, 4.69) is 4.98 Å². The van der Waals surface area contributed by atoms with Crippen LogP contribution in [0.4, 0.5) is 5.82 Å². The number of carboxylic acid groups (broad SMARTS) is 1. The second-order valence-electron chi connectivity index (χ2n) is 5.40. The van der Waals surface area contributed by atoms with Crippen molar-refractivity contribution in [3.05, 3.63) is 23.4 Å². The fourth-order valence-electron chi connectivity index (χ4n) is 1.78. The molecule has 0 unspecified atom stereocenters. The van der Waals surface area contributed by atoms with E-state index in [1.54, 1.807) is 25.1 Å². The number of carbonyl (C=O) groups is 2. The lowest BCUT2D eigenvalue weighted by Gasteiger charge is -2.24. The number of amides is 1. The summed E-state index contributed by atoms with van der Waals surface area (Å²) < 4.78 is 0. The summed E-state index contributed by atoms with van der Waals surface area (Å²) in [4.78, 5) is 30.9. The van der Waals surface area contributed by atoms with Gasteiger partial charge in [-0.1, -0.05) is 13.8 Å². The zero-order valence-electron chi connectivity index (χ0n) is 13.3. The Morgan fingerprint density at radius 2 is 1.90 bits per heavy atom. The number of carboxylic acids is 1. The first-order valence-electron chi connectivity index (χ1n) is 6.96. The molecule has 1 N–H and O–H groups in total. The third-order valence-corrected chi connectivity index (χ3v) is 3.20. The highest BCUT2D eigenvalue weighted by Crippen LogP contribution is 2.20. The zero-order chi connectivity index (χ0) is 16.2. The van der Waals surface area contributed by atoms with Crippen LogP contribution < -0.4 is 4.90 Å². The number of likely N-dealkylation sites (N-methyl/N-ethyl adjacent to an activating group) is 2. The molecule has 0 aliphatic heterocycles. The zero-order valence-corrected chi connectivity index (χ0v) is 13.3. The molecule has 0 saturated carbocycles. The number of aromatic nitrogens is 1. The molecule has 0 spiro atoms. The summed E-state index contributed by atoms with van der Waals surface area (Å²) in [5, 5.41) is 9.22. The van der Waals surface area contributed by atoms with Gasteiger partial charge >= 0.3 is 5.97 Å². The van der Waals surface area contributed by atoms with Crippen molar-refractivity contribution in [3.63, 3.8) is 0 Å². The standard InChI is InChI=1S/C15H23N3O3/c1-6-18(9-14(19)17(4)5)13-8-11(15(20)21)7-12(16-13)10(2)3/h7-8,10H,6,9H2,1-5H3,(H,20,21). The first-order chi connectivity index (χ1) is 9.76. The average Bonchev–Trinajstić information content (AvgIpc) is 2.43. The number of carbonyl (C=O) groups excluding carboxylic acids is 1. The van der Waals surface area contributed by atoms with Crippen LogP contribution in [0.3, 0.4) is 0 Å². The number of hydrogen-bond acceptors (Lipinski definition) is 4. The van der Waals surface area contributed by atoms with Gasteiger partial charge in [-0.05, 0) is 25.0 Å². The molecule has 0 atom stereocenters. The Labute approximate surface area is 125 Å². The van der Waals surface area contributed by atoms with Crippen LogP contribution in [0.1, 0.15) is 42.7 Å². The van der Waals surface area contributed by atoms with Gasteiger partial charge < -0.3 is 14.9 Å². The minimum atomic E-state index is -0.990. The molecule has 1 rings (SSSR count). The third kappa shape index (κ3) is 4.44. The van der Waals surface area contributed by atoms with Crippen molar-refractivity contribution >= 4 is 17.7 Å². The third-order valence-electron chi connectivity index (χ3n) is 3.20. The molecule has 0 bridgehead atoms. The Bertz CT molecular complexity index is 527. The van der Waals surface area contributed by atoms with Crippen LogP contribution in [0.2, 0.25) is 0 Å². The highest BCUT2D eigenvalue weighted by molar-refractivity contribution is 5.89. The van der Waals surface area contributed by atoms with Gasteiger partial charge in [-0.15, -0.1) is 0 Å². The molecule has 116 valence electrons. The maximum absolute atomic E-state index is 11.9. The summed E-state index contributed by atoms with van der Waals surface area (Å²) in [6.45, 7) is 6.58. The summed E-state index contributed by atoms with van der Waals surface area (Å²) in [5.41, 5.74) is 0.903. The van der Waals surface area contributed by atoms with Crippen LogP contribution in [0.15, 0.2) is 12.1 Å². The maximum atomic E-state index is 11.9. The van der Waals surface area contributed by atoms with E-state index in [1.165, 1.54) is 11.0 Å². The van der Waals surface area contributed by atoms with E-state index in [1.807, 2.05) is 20.8 Å². The molecule has 6 nitrogen and oxygen atoms in total. The number of aromatic carboxylic acids is 1. The summed E-state index contributed by atoms with van der Waals surface area (Å²) in [7, 11) is 3.38. The number of anilines is 1. The summed E-state index contributed by atoms with van der Waals surface area (Å²) >= 11 is 0. The fraction of sp³-hybridized carbons (Fsp3) is 0.533. The normalized spacial score (nSPS) is 10.6. The molecule has 1 heterocycles. The highest BCUT2D eigenvalue weighted by Gasteiger charge is 2.17. The predicted molar refractivity (Wildman–Crippen MR) is 81.9 cm³/mol. The van der Waals surface area contributed by atoms with E-state index in [-0.39, 0.29) is 23.9 Å². The van der Waals surface area contributed by atoms with Crippen LogP contribution >= 0.6 is 0 Å². The molecule has 0 saturated heterocycles. The van der Waals surface area contributed by atoms with E-state index in [0.717, 1.165) is 0 Å². The summed E-state index contributed by atoms with van der Waals surface area (Å²) in [6, 6.07) is 3.10. The van der Waals surface area contributed by atoms with Gasteiger partial charge in [0.1, 0.15) is 5.82 Å². The van der Waals surface area contributed by atoms with Crippen LogP contribution in [-0.4, -0.2) is 54.1 Å². The molecular formula is C15H23N3O3. The molecule has 1 amide bonds. The smallest absolute Gasteiger partial charge is 0.335 e. The van der Waals surface area contributed by atoms with E-state index < -0.39 is 5.97 Å². The lowest BCUT2D eigenvalue weighted by Crippen LogP contribution is -2.37. The molecule has 0 radical (unpaired) electrons. The van der Waals surface area contributed by atoms with Crippen LogP contribution in [0.5, 0.6) is 0 Å². The molecule has 6 heteroatoms. The second-order valence-corrected chi connectivity index (χ2v) is 5.40. The van der Waals surface area contributed by atoms with Gasteiger partial charge in [0.05, 0.1) is 12.1 Å². The molecule has 0 fully saturated rings. The Balaban J connectivity index is 3.19. The Hall–Kier alpha value is -2.11. The van der Waals surface area contributed by atoms with Gasteiger partial charge in [0.2, 0.25) is 5.91 Å². The molecule has 0 aromatic carbocycles. The second kappa shape index (κ2) is 7.06. The topological polar surface area (TPSA) is 73.7 Å². The van der Waals surface area contributed by atoms with E-state index >= 15 is 0 Å². The van der Waals surface area contributed by atoms with Gasteiger partial charge in [0.15, 0.2) is 0 Å². The van der Waals surface area contributed by atoms with E-state index in [4.69, 9.17) is 0 Å². The molecule has 1 aromatic heterocycles. The Morgan fingerprint density at radius 3 is 2.33 bits per heavy atom. The first-order valence-corrected chi connectivity index (χ1v) is 6.96. The summed E-state index contributed by atoms with van der Waals surface area (Å²) in [6.07, 6.45) is 0. The highest BCUT2D eigenvalue weighted by atomic mass is 16.4. The monoisotopic (exact) mass is 293 g/mol. The lowest BCUT2D eigenvalue weighted by atomic mass is 10.1. The quantitative estimate of drug-likeness (QED) is 0.866. The molecule has 0 aliphatic carbocycles. The minimum absolute atomic E-state index is 0.0505. The van der Waals surface area contributed by atoms with Crippen molar-refractivity contribution in [2.75, 3.05) is 32.1 Å². The van der Waals surface area contributed by atoms with Crippen LogP contribution in [0, 0.1) is 0 Å². The number of pyridine rings is 1. The minimum Gasteiger partial charge on any atom is -0.478 e. The van der Waals surface area contributed by atoms with Gasteiger partial charge in [-0.25, -0.2) is 9.78 Å².